The van der Waals surface area contributed by atoms with Gasteiger partial charge in [-0.3, -0.25) is 4.39 Å². The van der Waals surface area contributed by atoms with Crippen LogP contribution >= 0.6 is 0 Å². The molecule has 6 aromatic carbocycles. The van der Waals surface area contributed by atoms with Crippen LogP contribution in [-0.2, 0) is 66.7 Å². The van der Waals surface area contributed by atoms with Crippen LogP contribution in [0.2, 0.25) is 0 Å². The molecule has 89 heavy (non-hydrogen) atoms. The van der Waals surface area contributed by atoms with Crippen molar-refractivity contribution in [3.8, 4) is 17.2 Å². The number of hydrogen-bond acceptors (Lipinski definition) is 18. The van der Waals surface area contributed by atoms with E-state index < -0.39 is 68.9 Å². The number of carbonyl (C=O) groups excluding carboxylic acids is 1. The number of carbonyl (C=O) groups is 2. The predicted octanol–water partition coefficient (Wildman–Crippen LogP) is 3.83. The van der Waals surface area contributed by atoms with Crippen molar-refractivity contribution in [1.82, 2.24) is 0 Å². The first kappa shape index (κ1) is 77.4. The number of halogens is 1. The summed E-state index contributed by atoms with van der Waals surface area (Å²) in [5.41, 5.74) is 3.78. The van der Waals surface area contributed by atoms with Gasteiger partial charge in [-0.2, -0.15) is 0 Å². The fraction of sp³-hybridized carbons (Fsp3) is 0.441. The fourth-order valence-electron chi connectivity index (χ4n) is 7.72. The summed E-state index contributed by atoms with van der Waals surface area (Å²) >= 11 is 0. The van der Waals surface area contributed by atoms with Gasteiger partial charge in [0, 0.05) is 19.8 Å². The molecule has 0 aliphatic carbocycles. The van der Waals surface area contributed by atoms with E-state index in [1.54, 1.807) is 24.3 Å². The van der Waals surface area contributed by atoms with Crippen LogP contribution in [0.1, 0.15) is 37.3 Å². The molecule has 6 atom stereocenters. The second-order valence-corrected chi connectivity index (χ2v) is 19.7. The first-order chi connectivity index (χ1) is 43.5. The van der Waals surface area contributed by atoms with Gasteiger partial charge in [-0.25, -0.2) is 4.79 Å². The standard InChI is InChI=1S/2C23H30O7.C21H28O5.CH3F.Na/c2*24-20(14-29-21-11-5-2-6-12-21)15-30-22(17-28-18-23(25)26)16-27-13-7-10-19-8-3-1-4-9-19;22-14-21(17-24-13-7-10-18-8-3-1-4-9-18)26-16-19(23)15-25-20-11-5-2-6-12-20;1-2;/h2*1-6,8-9,11-12,20,22,24H,7,10,13-18H2,(H,25,26);1-6,8-9,11-12,19,21-23H,7,10,13-17H2;1H3;/q;;;;+1/p-1/i;;;1D;. The Labute approximate surface area is 547 Å². The maximum absolute atomic E-state index is 10.6. The average molecular weight is 1250 g/mol. The summed E-state index contributed by atoms with van der Waals surface area (Å²) in [4.78, 5) is 21.2. The number of aliphatic carboxylic acids is 2. The summed E-state index contributed by atoms with van der Waals surface area (Å²) < 4.78 is 75.9. The Hall–Kier alpha value is -5.89. The second-order valence-electron chi connectivity index (χ2n) is 19.7. The molecule has 21 heteroatoms. The molecular formula is C68H90FNaO19. The monoisotopic (exact) mass is 1250 g/mol. The van der Waals surface area contributed by atoms with Gasteiger partial charge in [-0.05, 0) is 91.6 Å². The van der Waals surface area contributed by atoms with Gasteiger partial charge in [0.05, 0.1) is 80.6 Å². The first-order valence-corrected chi connectivity index (χ1v) is 29.3. The number of aliphatic hydroxyl groups is 4. The molecule has 6 unspecified atom stereocenters. The molecule has 0 saturated carbocycles. The molecule has 0 aromatic heterocycles. The molecule has 0 aliphatic heterocycles. The van der Waals surface area contributed by atoms with Gasteiger partial charge >= 0.3 is 35.5 Å². The van der Waals surface area contributed by atoms with Crippen molar-refractivity contribution in [2.45, 2.75) is 75.1 Å². The van der Waals surface area contributed by atoms with Gasteiger partial charge in [-0.15, -0.1) is 0 Å². The largest absolute Gasteiger partial charge is 1.00 e. The quantitative estimate of drug-likeness (QED) is 0.0269. The Balaban J connectivity index is 0.000000448. The van der Waals surface area contributed by atoms with E-state index in [4.69, 9.17) is 58.6 Å². The predicted molar refractivity (Wildman–Crippen MR) is 328 cm³/mol. The topological polar surface area (TPSA) is 260 Å². The van der Waals surface area contributed by atoms with Crippen molar-refractivity contribution in [3.63, 3.8) is 0 Å². The maximum atomic E-state index is 10.6. The fourth-order valence-corrected chi connectivity index (χ4v) is 7.72. The minimum atomic E-state index is -1.30. The molecule has 6 aromatic rings. The van der Waals surface area contributed by atoms with E-state index in [1.165, 1.54) is 16.7 Å². The van der Waals surface area contributed by atoms with E-state index in [9.17, 15) is 39.5 Å². The van der Waals surface area contributed by atoms with Crippen LogP contribution in [0.25, 0.3) is 0 Å². The van der Waals surface area contributed by atoms with Gasteiger partial charge in [-0.1, -0.05) is 146 Å². The van der Waals surface area contributed by atoms with Crippen LogP contribution < -0.4 is 48.9 Å². The Morgan fingerprint density at radius 3 is 0.989 bits per heavy atom. The normalized spacial score (nSPS) is 12.8. The van der Waals surface area contributed by atoms with E-state index in [2.05, 4.69) is 36.4 Å². The molecule has 0 aliphatic rings. The number of aryl methyl sites for hydroxylation is 3. The Kier molecular flexibility index (Phi) is 46.8. The number of carboxylic acid groups (broad SMARTS) is 2. The smallest absolute Gasteiger partial charge is 0.548 e. The average Bonchev–Trinajstić information content (AvgIpc) is 3.58. The SMILES string of the molecule is O=C(O)COCC(COCCCc1ccccc1)OCC(O)COc1ccccc1.O=C([O-])COCC(COCCCc1ccccc1)OCC(O)COc1ccccc1.OCC(COCCCc1ccccc1)OCC(O)COc1ccccc1.[2H]CF.[Na+]. The number of aliphatic hydroxyl groups excluding tert-OH is 4. The molecule has 484 valence electrons. The summed E-state index contributed by atoms with van der Waals surface area (Å²) in [6.07, 6.45) is 1.54. The number of carboxylic acids is 2. The van der Waals surface area contributed by atoms with Crippen LogP contribution in [-0.4, -0.2) is 194 Å². The van der Waals surface area contributed by atoms with Crippen molar-refractivity contribution in [2.24, 2.45) is 0 Å². The molecule has 5 N–H and O–H groups in total. The van der Waals surface area contributed by atoms with Crippen LogP contribution in [0.15, 0.2) is 182 Å². The van der Waals surface area contributed by atoms with Gasteiger partial charge in [0.15, 0.2) is 0 Å². The van der Waals surface area contributed by atoms with E-state index in [1.807, 2.05) is 121 Å². The number of rotatable bonds is 45. The number of hydrogen-bond donors (Lipinski definition) is 5. The first-order valence-electron chi connectivity index (χ1n) is 30.0. The summed E-state index contributed by atoms with van der Waals surface area (Å²) in [7, 11) is -1.00. The number of para-hydroxylation sites is 3. The Morgan fingerprint density at radius 2 is 0.697 bits per heavy atom. The number of alkyl halides is 1. The molecule has 0 radical (unpaired) electrons. The summed E-state index contributed by atoms with van der Waals surface area (Å²) in [6, 6.07) is 58.2. The Morgan fingerprint density at radius 1 is 0.427 bits per heavy atom. The zero-order chi connectivity index (χ0) is 64.0. The van der Waals surface area contributed by atoms with Gasteiger partial charge < -0.3 is 87.5 Å². The number of benzene rings is 6. The zero-order valence-corrected chi connectivity index (χ0v) is 53.1. The van der Waals surface area contributed by atoms with E-state index in [-0.39, 0.29) is 102 Å². The minimum Gasteiger partial charge on any atom is -0.548 e. The van der Waals surface area contributed by atoms with Crippen molar-refractivity contribution in [3.05, 3.63) is 199 Å². The van der Waals surface area contributed by atoms with Crippen LogP contribution in [0.5, 0.6) is 17.2 Å². The van der Waals surface area contributed by atoms with Crippen molar-refractivity contribution in [2.75, 3.05) is 119 Å². The third-order valence-corrected chi connectivity index (χ3v) is 12.1. The molecule has 0 heterocycles. The minimum absolute atomic E-state index is 0. The van der Waals surface area contributed by atoms with Gasteiger partial charge in [0.1, 0.15) is 80.3 Å². The number of ether oxygens (including phenoxy) is 11. The summed E-state index contributed by atoms with van der Waals surface area (Å²) in [5, 5.41) is 58.7. The molecule has 6 rings (SSSR count). The van der Waals surface area contributed by atoms with Gasteiger partial charge in [0.2, 0.25) is 0 Å². The molecule has 0 spiro atoms. The third kappa shape index (κ3) is 43.5. The van der Waals surface area contributed by atoms with Crippen LogP contribution in [0.4, 0.5) is 4.39 Å². The van der Waals surface area contributed by atoms with Crippen LogP contribution in [0, 0.1) is 0 Å². The van der Waals surface area contributed by atoms with E-state index in [0.29, 0.717) is 43.7 Å². The maximum Gasteiger partial charge on any atom is 1.00 e. The van der Waals surface area contributed by atoms with E-state index >= 15 is 0 Å². The van der Waals surface area contributed by atoms with E-state index in [0.717, 1.165) is 38.5 Å². The van der Waals surface area contributed by atoms with Gasteiger partial charge in [0.25, 0.3) is 0 Å². The van der Waals surface area contributed by atoms with Crippen LogP contribution in [0.3, 0.4) is 0 Å². The molecule has 19 nitrogen and oxygen atoms in total. The third-order valence-electron chi connectivity index (χ3n) is 12.1. The molecule has 0 saturated heterocycles. The Bertz CT molecular complexity index is 2440. The van der Waals surface area contributed by atoms with Crippen molar-refractivity contribution < 1.29 is 128 Å². The van der Waals surface area contributed by atoms with Crippen molar-refractivity contribution in [1.29, 1.82) is 0 Å². The molecular weight excluding hydrogens is 1160 g/mol. The summed E-state index contributed by atoms with van der Waals surface area (Å²) in [5.74, 6) is -0.318. The summed E-state index contributed by atoms with van der Waals surface area (Å²) in [6.45, 7) is 1.93. The molecule has 0 fully saturated rings. The molecule has 0 amide bonds. The van der Waals surface area contributed by atoms with Crippen molar-refractivity contribution >= 4 is 11.9 Å². The molecule has 0 bridgehead atoms. The zero-order valence-electron chi connectivity index (χ0n) is 52.1. The second kappa shape index (κ2) is 53.9.